The molecule has 0 aliphatic heterocycles. The van der Waals surface area contributed by atoms with Crippen LogP contribution in [0.5, 0.6) is 0 Å². The lowest BCUT2D eigenvalue weighted by Crippen LogP contribution is -2.08. The normalized spacial score (nSPS) is 12.6. The molecule has 0 saturated carbocycles. The largest absolute Gasteiger partial charge is 0.321 e. The molecule has 0 bridgehead atoms. The first kappa shape index (κ1) is 8.87. The van der Waals surface area contributed by atoms with Crippen LogP contribution < -0.4 is 5.73 Å². The Labute approximate surface area is 69.5 Å². The van der Waals surface area contributed by atoms with E-state index in [2.05, 4.69) is 6.58 Å². The molecule has 1 rings (SSSR count). The Balaban J connectivity index is 3.12. The quantitative estimate of drug-likeness (QED) is 0.674. The van der Waals surface area contributed by atoms with Crippen molar-refractivity contribution < 1.29 is 8.78 Å². The minimum Gasteiger partial charge on any atom is -0.321 e. The second-order valence-corrected chi connectivity index (χ2v) is 2.43. The molecule has 1 aromatic carbocycles. The van der Waals surface area contributed by atoms with Crippen LogP contribution in [0.15, 0.2) is 30.9 Å². The third-order valence-electron chi connectivity index (χ3n) is 1.57. The highest BCUT2D eigenvalue weighted by atomic mass is 19.1. The number of rotatable bonds is 2. The standard InChI is InChI=1S/C9H9F2N/c1-2-9(12)7-5-6(10)3-4-8(7)11/h2-5,9H,1,12H2/t9-/m0/s1. The van der Waals surface area contributed by atoms with E-state index in [1.54, 1.807) is 0 Å². The molecule has 0 fully saturated rings. The van der Waals surface area contributed by atoms with Gasteiger partial charge in [-0.15, -0.1) is 6.58 Å². The molecule has 64 valence electrons. The van der Waals surface area contributed by atoms with Crippen LogP contribution >= 0.6 is 0 Å². The van der Waals surface area contributed by atoms with E-state index in [1.165, 1.54) is 6.08 Å². The number of benzene rings is 1. The number of hydrogen-bond acceptors (Lipinski definition) is 1. The third kappa shape index (κ3) is 1.68. The first-order valence-corrected chi connectivity index (χ1v) is 3.48. The molecule has 0 unspecified atom stereocenters. The molecule has 3 heteroatoms. The highest BCUT2D eigenvalue weighted by Gasteiger charge is 2.08. The van der Waals surface area contributed by atoms with E-state index < -0.39 is 17.7 Å². The molecule has 0 aliphatic carbocycles. The van der Waals surface area contributed by atoms with E-state index in [0.29, 0.717) is 0 Å². The molecule has 0 aliphatic rings. The zero-order valence-corrected chi connectivity index (χ0v) is 6.43. The van der Waals surface area contributed by atoms with Crippen molar-refractivity contribution in [2.24, 2.45) is 5.73 Å². The summed E-state index contributed by atoms with van der Waals surface area (Å²) in [4.78, 5) is 0. The summed E-state index contributed by atoms with van der Waals surface area (Å²) in [5.74, 6) is -1.01. The Morgan fingerprint density at radius 3 is 2.67 bits per heavy atom. The maximum Gasteiger partial charge on any atom is 0.128 e. The van der Waals surface area contributed by atoms with Gasteiger partial charge in [0.05, 0.1) is 6.04 Å². The maximum absolute atomic E-state index is 12.9. The minimum absolute atomic E-state index is 0.130. The molecular formula is C9H9F2N. The number of hydrogen-bond donors (Lipinski definition) is 1. The highest BCUT2D eigenvalue weighted by molar-refractivity contribution is 5.24. The second-order valence-electron chi connectivity index (χ2n) is 2.43. The van der Waals surface area contributed by atoms with Gasteiger partial charge in [0.25, 0.3) is 0 Å². The van der Waals surface area contributed by atoms with Crippen molar-refractivity contribution in [2.45, 2.75) is 6.04 Å². The molecule has 0 saturated heterocycles. The van der Waals surface area contributed by atoms with Crippen LogP contribution in [0.1, 0.15) is 11.6 Å². The summed E-state index contributed by atoms with van der Waals surface area (Å²) < 4.78 is 25.5. The van der Waals surface area contributed by atoms with Crippen LogP contribution in [0.4, 0.5) is 8.78 Å². The van der Waals surface area contributed by atoms with Gasteiger partial charge in [-0.1, -0.05) is 6.08 Å². The summed E-state index contributed by atoms with van der Waals surface area (Å²) in [6, 6.07) is 2.52. The molecule has 0 radical (unpaired) electrons. The summed E-state index contributed by atoms with van der Waals surface area (Å²) in [5.41, 5.74) is 5.57. The summed E-state index contributed by atoms with van der Waals surface area (Å²) in [5, 5.41) is 0. The molecule has 1 atom stereocenters. The molecule has 0 aromatic heterocycles. The van der Waals surface area contributed by atoms with Crippen molar-refractivity contribution in [2.75, 3.05) is 0 Å². The smallest absolute Gasteiger partial charge is 0.128 e. The van der Waals surface area contributed by atoms with Gasteiger partial charge < -0.3 is 5.73 Å². The van der Waals surface area contributed by atoms with Crippen molar-refractivity contribution in [3.05, 3.63) is 48.1 Å². The zero-order chi connectivity index (χ0) is 9.14. The average molecular weight is 169 g/mol. The van der Waals surface area contributed by atoms with E-state index in [-0.39, 0.29) is 5.56 Å². The van der Waals surface area contributed by atoms with Gasteiger partial charge in [0.1, 0.15) is 11.6 Å². The molecule has 0 heterocycles. The summed E-state index contributed by atoms with van der Waals surface area (Å²) in [6.07, 6.45) is 1.36. The first-order chi connectivity index (χ1) is 5.65. The SMILES string of the molecule is C=C[C@H](N)c1cc(F)ccc1F. The van der Waals surface area contributed by atoms with Crippen molar-refractivity contribution in [1.82, 2.24) is 0 Å². The first-order valence-electron chi connectivity index (χ1n) is 3.48. The van der Waals surface area contributed by atoms with Crippen molar-refractivity contribution in [1.29, 1.82) is 0 Å². The number of nitrogens with two attached hydrogens (primary N) is 1. The second kappa shape index (κ2) is 3.45. The zero-order valence-electron chi connectivity index (χ0n) is 6.43. The number of halogens is 2. The van der Waals surface area contributed by atoms with Crippen molar-refractivity contribution >= 4 is 0 Å². The minimum atomic E-state index is -0.652. The Bertz CT molecular complexity index is 297. The van der Waals surface area contributed by atoms with E-state index in [9.17, 15) is 8.78 Å². The fourth-order valence-electron chi connectivity index (χ4n) is 0.897. The lowest BCUT2D eigenvalue weighted by atomic mass is 10.1. The van der Waals surface area contributed by atoms with E-state index in [0.717, 1.165) is 18.2 Å². The summed E-state index contributed by atoms with van der Waals surface area (Å²) >= 11 is 0. The van der Waals surface area contributed by atoms with Gasteiger partial charge in [-0.2, -0.15) is 0 Å². The van der Waals surface area contributed by atoms with Gasteiger partial charge in [-0.05, 0) is 18.2 Å². The molecule has 1 nitrogen and oxygen atoms in total. The van der Waals surface area contributed by atoms with Crippen LogP contribution in [-0.4, -0.2) is 0 Å². The van der Waals surface area contributed by atoms with Gasteiger partial charge in [0, 0.05) is 5.56 Å². The van der Waals surface area contributed by atoms with Crippen LogP contribution in [0.3, 0.4) is 0 Å². The fraction of sp³-hybridized carbons (Fsp3) is 0.111. The Kier molecular flexibility index (Phi) is 2.55. The average Bonchev–Trinajstić information content (AvgIpc) is 2.08. The summed E-state index contributed by atoms with van der Waals surface area (Å²) in [6.45, 7) is 3.39. The topological polar surface area (TPSA) is 26.0 Å². The van der Waals surface area contributed by atoms with Gasteiger partial charge in [0.2, 0.25) is 0 Å². The Hall–Kier alpha value is -1.22. The van der Waals surface area contributed by atoms with Gasteiger partial charge in [0.15, 0.2) is 0 Å². The highest BCUT2D eigenvalue weighted by Crippen LogP contribution is 2.16. The van der Waals surface area contributed by atoms with Crippen LogP contribution in [0, 0.1) is 11.6 Å². The summed E-state index contributed by atoms with van der Waals surface area (Å²) in [7, 11) is 0. The van der Waals surface area contributed by atoms with Crippen LogP contribution in [0.2, 0.25) is 0 Å². The van der Waals surface area contributed by atoms with Gasteiger partial charge >= 0.3 is 0 Å². The maximum atomic E-state index is 12.9. The molecule has 2 N–H and O–H groups in total. The van der Waals surface area contributed by atoms with Crippen molar-refractivity contribution in [3.63, 3.8) is 0 Å². The van der Waals surface area contributed by atoms with Crippen LogP contribution in [-0.2, 0) is 0 Å². The van der Waals surface area contributed by atoms with Gasteiger partial charge in [-0.3, -0.25) is 0 Å². The molecule has 1 aromatic rings. The van der Waals surface area contributed by atoms with E-state index >= 15 is 0 Å². The molecular weight excluding hydrogens is 160 g/mol. The fourth-order valence-corrected chi connectivity index (χ4v) is 0.897. The van der Waals surface area contributed by atoms with Crippen LogP contribution in [0.25, 0.3) is 0 Å². The third-order valence-corrected chi connectivity index (χ3v) is 1.57. The van der Waals surface area contributed by atoms with Gasteiger partial charge in [-0.25, -0.2) is 8.78 Å². The Morgan fingerprint density at radius 1 is 1.42 bits per heavy atom. The predicted molar refractivity (Wildman–Crippen MR) is 43.5 cm³/mol. The predicted octanol–water partition coefficient (Wildman–Crippen LogP) is 2.15. The Morgan fingerprint density at radius 2 is 2.08 bits per heavy atom. The monoisotopic (exact) mass is 169 g/mol. The lowest BCUT2D eigenvalue weighted by Gasteiger charge is -2.07. The molecule has 0 spiro atoms. The van der Waals surface area contributed by atoms with Crippen molar-refractivity contribution in [3.8, 4) is 0 Å². The van der Waals surface area contributed by atoms with E-state index in [4.69, 9.17) is 5.73 Å². The lowest BCUT2D eigenvalue weighted by molar-refractivity contribution is 0.579. The van der Waals surface area contributed by atoms with E-state index in [1.807, 2.05) is 0 Å². The molecule has 12 heavy (non-hydrogen) atoms. The molecule has 0 amide bonds.